The number of anilines is 1. The molecule has 0 atom stereocenters. The standard InChI is InChI=1S/C5H4ClIN2/c6-9-5-2-1-4(7)3-8-5/h1-3H,(H,8,9). The molecule has 0 aliphatic rings. The summed E-state index contributed by atoms with van der Waals surface area (Å²) < 4.78 is 1.10. The van der Waals surface area contributed by atoms with Crippen LogP contribution in [0.3, 0.4) is 0 Å². The van der Waals surface area contributed by atoms with Gasteiger partial charge in [0.05, 0.1) is 0 Å². The topological polar surface area (TPSA) is 24.9 Å². The average molecular weight is 254 g/mol. The van der Waals surface area contributed by atoms with E-state index >= 15 is 0 Å². The molecular weight excluding hydrogens is 250 g/mol. The van der Waals surface area contributed by atoms with Crippen LogP contribution in [0.4, 0.5) is 5.82 Å². The molecule has 0 spiro atoms. The van der Waals surface area contributed by atoms with Gasteiger partial charge in [0.15, 0.2) is 0 Å². The smallest absolute Gasteiger partial charge is 0.140 e. The second-order valence-electron chi connectivity index (χ2n) is 1.46. The summed E-state index contributed by atoms with van der Waals surface area (Å²) in [6.07, 6.45) is 1.74. The van der Waals surface area contributed by atoms with Gasteiger partial charge < -0.3 is 0 Å². The van der Waals surface area contributed by atoms with Crippen molar-refractivity contribution in [1.82, 2.24) is 4.98 Å². The molecule has 0 aromatic carbocycles. The number of hydrogen-bond acceptors (Lipinski definition) is 2. The minimum atomic E-state index is 0.678. The summed E-state index contributed by atoms with van der Waals surface area (Å²) in [5, 5.41) is 0. The van der Waals surface area contributed by atoms with Gasteiger partial charge in [-0.1, -0.05) is 0 Å². The van der Waals surface area contributed by atoms with Gasteiger partial charge in [-0.2, -0.15) is 0 Å². The number of nitrogens with zero attached hydrogens (tertiary/aromatic N) is 1. The Hall–Kier alpha value is -0.0300. The number of pyridine rings is 1. The van der Waals surface area contributed by atoms with E-state index in [-0.39, 0.29) is 0 Å². The van der Waals surface area contributed by atoms with Gasteiger partial charge in [0, 0.05) is 21.5 Å². The van der Waals surface area contributed by atoms with E-state index < -0.39 is 0 Å². The lowest BCUT2D eigenvalue weighted by molar-refractivity contribution is 1.31. The predicted octanol–water partition coefficient (Wildman–Crippen LogP) is 2.25. The molecule has 0 radical (unpaired) electrons. The zero-order chi connectivity index (χ0) is 6.69. The summed E-state index contributed by atoms with van der Waals surface area (Å²) in [6, 6.07) is 3.74. The maximum absolute atomic E-state index is 5.26. The van der Waals surface area contributed by atoms with Crippen LogP contribution in [0.15, 0.2) is 18.3 Å². The third kappa shape index (κ3) is 1.98. The zero-order valence-electron chi connectivity index (χ0n) is 4.44. The summed E-state index contributed by atoms with van der Waals surface area (Å²) in [5.74, 6) is 0.678. The Labute approximate surface area is 71.9 Å². The fourth-order valence-corrected chi connectivity index (χ4v) is 0.863. The van der Waals surface area contributed by atoms with Gasteiger partial charge in [-0.25, -0.2) is 4.98 Å². The number of halogens is 2. The summed E-state index contributed by atoms with van der Waals surface area (Å²) in [7, 11) is 0. The van der Waals surface area contributed by atoms with Crippen LogP contribution < -0.4 is 4.84 Å². The van der Waals surface area contributed by atoms with Crippen LogP contribution >= 0.6 is 34.4 Å². The van der Waals surface area contributed by atoms with Crippen molar-refractivity contribution >= 4 is 40.2 Å². The fraction of sp³-hybridized carbons (Fsp3) is 0. The van der Waals surface area contributed by atoms with E-state index in [4.69, 9.17) is 11.8 Å². The zero-order valence-corrected chi connectivity index (χ0v) is 7.35. The van der Waals surface area contributed by atoms with E-state index in [2.05, 4.69) is 32.4 Å². The van der Waals surface area contributed by atoms with Gasteiger partial charge >= 0.3 is 0 Å². The summed E-state index contributed by atoms with van der Waals surface area (Å²) >= 11 is 7.44. The summed E-state index contributed by atoms with van der Waals surface area (Å²) in [5.41, 5.74) is 0. The first kappa shape index (κ1) is 7.08. The molecule has 0 aliphatic carbocycles. The van der Waals surface area contributed by atoms with E-state index in [1.807, 2.05) is 12.1 Å². The minimum absolute atomic E-state index is 0.678. The van der Waals surface area contributed by atoms with Crippen LogP contribution in [0.2, 0.25) is 0 Å². The molecule has 0 fully saturated rings. The highest BCUT2D eigenvalue weighted by Gasteiger charge is 1.87. The molecule has 1 N–H and O–H groups in total. The molecule has 0 unspecified atom stereocenters. The highest BCUT2D eigenvalue weighted by Crippen LogP contribution is 2.06. The minimum Gasteiger partial charge on any atom is -0.283 e. The Morgan fingerprint density at radius 2 is 2.33 bits per heavy atom. The molecule has 4 heteroatoms. The van der Waals surface area contributed by atoms with Crippen molar-refractivity contribution in [2.75, 3.05) is 4.84 Å². The molecule has 1 rings (SSSR count). The summed E-state index contributed by atoms with van der Waals surface area (Å²) in [4.78, 5) is 6.36. The molecule has 0 amide bonds. The van der Waals surface area contributed by atoms with E-state index in [0.29, 0.717) is 5.82 Å². The first-order valence-corrected chi connectivity index (χ1v) is 3.77. The molecule has 9 heavy (non-hydrogen) atoms. The molecule has 0 bridgehead atoms. The van der Waals surface area contributed by atoms with Crippen molar-refractivity contribution < 1.29 is 0 Å². The van der Waals surface area contributed by atoms with Crippen LogP contribution in [0.1, 0.15) is 0 Å². The highest BCUT2D eigenvalue weighted by molar-refractivity contribution is 14.1. The van der Waals surface area contributed by atoms with E-state index in [9.17, 15) is 0 Å². The summed E-state index contributed by atoms with van der Waals surface area (Å²) in [6.45, 7) is 0. The van der Waals surface area contributed by atoms with Crippen LogP contribution in [-0.4, -0.2) is 4.98 Å². The third-order valence-electron chi connectivity index (χ3n) is 0.824. The number of rotatable bonds is 1. The lowest BCUT2D eigenvalue weighted by atomic mass is 10.5. The maximum Gasteiger partial charge on any atom is 0.140 e. The van der Waals surface area contributed by atoms with E-state index in [1.165, 1.54) is 0 Å². The number of hydrogen-bond donors (Lipinski definition) is 1. The lowest BCUT2D eigenvalue weighted by Crippen LogP contribution is -1.84. The van der Waals surface area contributed by atoms with Gasteiger partial charge in [0.1, 0.15) is 5.82 Å². The molecule has 1 aromatic rings. The molecule has 1 aromatic heterocycles. The second-order valence-corrected chi connectivity index (χ2v) is 2.89. The average Bonchev–Trinajstić information content (AvgIpc) is 1.90. The Bertz CT molecular complexity index is 187. The van der Waals surface area contributed by atoms with Crippen molar-refractivity contribution in [3.05, 3.63) is 21.9 Å². The Kier molecular flexibility index (Phi) is 2.53. The van der Waals surface area contributed by atoms with Crippen LogP contribution in [0.25, 0.3) is 0 Å². The molecular formula is C5H4ClIN2. The van der Waals surface area contributed by atoms with Gasteiger partial charge in [-0.3, -0.25) is 4.84 Å². The highest BCUT2D eigenvalue weighted by atomic mass is 127. The molecule has 48 valence electrons. The molecule has 1 heterocycles. The largest absolute Gasteiger partial charge is 0.283 e. The molecule has 2 nitrogen and oxygen atoms in total. The normalized spacial score (nSPS) is 9.11. The third-order valence-corrected chi connectivity index (χ3v) is 1.66. The van der Waals surface area contributed by atoms with Gasteiger partial charge in [0.25, 0.3) is 0 Å². The quantitative estimate of drug-likeness (QED) is 0.614. The first-order chi connectivity index (χ1) is 4.33. The number of aromatic nitrogens is 1. The Balaban J connectivity index is 2.88. The van der Waals surface area contributed by atoms with Gasteiger partial charge in [0.2, 0.25) is 0 Å². The monoisotopic (exact) mass is 254 g/mol. The van der Waals surface area contributed by atoms with Crippen molar-refractivity contribution in [3.63, 3.8) is 0 Å². The molecule has 0 aliphatic heterocycles. The van der Waals surface area contributed by atoms with Gasteiger partial charge in [-0.15, -0.1) is 0 Å². The molecule has 0 saturated carbocycles. The van der Waals surface area contributed by atoms with Gasteiger partial charge in [-0.05, 0) is 34.7 Å². The first-order valence-electron chi connectivity index (χ1n) is 2.31. The number of nitrogens with one attached hydrogen (secondary N) is 1. The second kappa shape index (κ2) is 3.22. The van der Waals surface area contributed by atoms with Crippen molar-refractivity contribution in [1.29, 1.82) is 0 Å². The van der Waals surface area contributed by atoms with Crippen LogP contribution in [-0.2, 0) is 0 Å². The van der Waals surface area contributed by atoms with Crippen LogP contribution in [0.5, 0.6) is 0 Å². The Morgan fingerprint density at radius 1 is 1.56 bits per heavy atom. The van der Waals surface area contributed by atoms with E-state index in [0.717, 1.165) is 3.57 Å². The Morgan fingerprint density at radius 3 is 2.78 bits per heavy atom. The van der Waals surface area contributed by atoms with Crippen molar-refractivity contribution in [2.45, 2.75) is 0 Å². The maximum atomic E-state index is 5.26. The van der Waals surface area contributed by atoms with Crippen molar-refractivity contribution in [3.8, 4) is 0 Å². The fourth-order valence-electron chi connectivity index (χ4n) is 0.432. The van der Waals surface area contributed by atoms with Crippen LogP contribution in [0, 0.1) is 3.57 Å². The SMILES string of the molecule is ClNc1ccc(I)cn1. The van der Waals surface area contributed by atoms with Crippen molar-refractivity contribution in [2.24, 2.45) is 0 Å². The van der Waals surface area contributed by atoms with E-state index in [1.54, 1.807) is 6.20 Å². The lowest BCUT2D eigenvalue weighted by Gasteiger charge is -1.93. The molecule has 0 saturated heterocycles. The predicted molar refractivity (Wildman–Crippen MR) is 46.4 cm³/mol.